The third-order valence-corrected chi connectivity index (χ3v) is 23.9. The summed E-state index contributed by atoms with van der Waals surface area (Å²) in [4.78, 5) is 0. The Morgan fingerprint density at radius 1 is 1.10 bits per heavy atom. The van der Waals surface area contributed by atoms with Crippen LogP contribution < -0.4 is 0 Å². The fourth-order valence-electron chi connectivity index (χ4n) is 5.19. The molecular weight excluding hydrogens is 507 g/mol. The van der Waals surface area contributed by atoms with Gasteiger partial charge in [-0.15, -0.1) is 0 Å². The first kappa shape index (κ1) is 27.4. The van der Waals surface area contributed by atoms with Crippen LogP contribution in [0.1, 0.15) is 59.3 Å². The van der Waals surface area contributed by atoms with Crippen molar-refractivity contribution in [1.82, 2.24) is 0 Å². The molecule has 1 N–H and O–H groups in total. The van der Waals surface area contributed by atoms with Gasteiger partial charge in [-0.25, -0.2) is 0 Å². The number of hydrogen-bond donors (Lipinski definition) is 1. The first-order chi connectivity index (χ1) is 14.7. The number of aliphatic hydroxyl groups is 1. The summed E-state index contributed by atoms with van der Waals surface area (Å²) in [6, 6.07) is 1.12. The molecule has 0 aromatic carbocycles. The molecule has 0 aliphatic carbocycles. The first-order valence-corrected chi connectivity index (χ1v) is 23.9. The van der Waals surface area contributed by atoms with Gasteiger partial charge in [0, 0.05) is 0 Å². The molecule has 0 unspecified atom stereocenters. The predicted molar refractivity (Wildman–Crippen MR) is 139 cm³/mol. The number of allylic oxidation sites excluding steroid dienone is 2. The summed E-state index contributed by atoms with van der Waals surface area (Å²) in [7, 11) is -1.26. The van der Waals surface area contributed by atoms with Gasteiger partial charge in [-0.05, 0) is 0 Å². The fourth-order valence-corrected chi connectivity index (χ4v) is 23.8. The van der Waals surface area contributed by atoms with E-state index in [4.69, 9.17) is 9.47 Å². The summed E-state index contributed by atoms with van der Waals surface area (Å²) in [5.74, 6) is 0. The predicted octanol–water partition coefficient (Wildman–Crippen LogP) is 7.24. The summed E-state index contributed by atoms with van der Waals surface area (Å²) in [6.07, 6.45) is 11.2. The molecule has 178 valence electrons. The van der Waals surface area contributed by atoms with Gasteiger partial charge in [-0.1, -0.05) is 0 Å². The quantitative estimate of drug-likeness (QED) is 0.182. The topological polar surface area (TPSA) is 38.7 Å². The second kappa shape index (κ2) is 12.5. The molecule has 2 aliphatic rings. The van der Waals surface area contributed by atoms with Crippen molar-refractivity contribution in [2.45, 2.75) is 117 Å². The number of unbranched alkanes of at least 4 members (excludes halogenated alkanes) is 3. The Kier molecular flexibility index (Phi) is 11.1. The van der Waals surface area contributed by atoms with Crippen LogP contribution in [-0.2, 0) is 9.47 Å². The van der Waals surface area contributed by atoms with Crippen molar-refractivity contribution in [3.63, 3.8) is 0 Å². The molecule has 0 radical (unpaired) electrons. The molecule has 0 saturated carbocycles. The molecule has 1 saturated heterocycles. The molecule has 2 bridgehead atoms. The van der Waals surface area contributed by atoms with Crippen LogP contribution in [0.15, 0.2) is 33.5 Å². The number of aliphatic hydroxyl groups excluding tert-OH is 1. The zero-order valence-electron chi connectivity index (χ0n) is 21.1. The van der Waals surface area contributed by atoms with E-state index in [1.807, 2.05) is 0 Å². The van der Waals surface area contributed by atoms with Crippen molar-refractivity contribution < 1.29 is 14.6 Å². The summed E-state index contributed by atoms with van der Waals surface area (Å²) in [5, 5.41) is 11.3. The molecule has 0 spiro atoms. The normalized spacial score (nSPS) is 24.4. The van der Waals surface area contributed by atoms with Crippen LogP contribution in [0, 0.1) is 0 Å². The van der Waals surface area contributed by atoms with Crippen LogP contribution in [-0.4, -0.2) is 56.7 Å². The van der Waals surface area contributed by atoms with E-state index in [0.717, 1.165) is 11.6 Å². The van der Waals surface area contributed by atoms with Gasteiger partial charge in [-0.2, -0.15) is 0 Å². The Morgan fingerprint density at radius 3 is 2.13 bits per heavy atom. The minimum atomic E-state index is -2.78. The summed E-state index contributed by atoms with van der Waals surface area (Å²) in [6.45, 7) is 19.3. The number of rotatable bonds is 14. The van der Waals surface area contributed by atoms with E-state index in [1.165, 1.54) is 57.4 Å². The van der Waals surface area contributed by atoms with Gasteiger partial charge in [0.1, 0.15) is 0 Å². The van der Waals surface area contributed by atoms with Crippen molar-refractivity contribution in [1.29, 1.82) is 0 Å². The maximum absolute atomic E-state index is 11.3. The van der Waals surface area contributed by atoms with Gasteiger partial charge in [0.15, 0.2) is 0 Å². The zero-order valence-corrected chi connectivity index (χ0v) is 25.0. The number of hydrogen-bond acceptors (Lipinski definition) is 3. The second-order valence-corrected chi connectivity index (χ2v) is 29.6. The molecule has 0 aromatic rings. The van der Waals surface area contributed by atoms with Crippen LogP contribution in [0.4, 0.5) is 0 Å². The Hall–Kier alpha value is 0.116. The van der Waals surface area contributed by atoms with Gasteiger partial charge in [0.25, 0.3) is 0 Å². The van der Waals surface area contributed by atoms with Crippen LogP contribution in [0.2, 0.25) is 39.0 Å². The molecule has 0 aromatic heterocycles. The summed E-state index contributed by atoms with van der Waals surface area (Å²) in [5.41, 5.74) is 2.42. The Bertz CT molecular complexity index is 628. The SMILES string of the molecule is C=C(/C=[C](\C1=C[C@H]2CO[C@H](O2)[C@H]1O)[Sn]([CH2]CCC)([CH2]CCC)[CH2]CCC)C[Si](C)(C)C. The van der Waals surface area contributed by atoms with E-state index < -0.39 is 38.8 Å². The third-order valence-electron chi connectivity index (χ3n) is 6.69. The number of ether oxygens (including phenoxy) is 2. The molecule has 31 heavy (non-hydrogen) atoms. The van der Waals surface area contributed by atoms with Crippen molar-refractivity contribution in [3.05, 3.63) is 33.5 Å². The average molecular weight is 555 g/mol. The van der Waals surface area contributed by atoms with Gasteiger partial charge < -0.3 is 0 Å². The Morgan fingerprint density at radius 2 is 1.65 bits per heavy atom. The van der Waals surface area contributed by atoms with Gasteiger partial charge in [0.05, 0.1) is 0 Å². The molecule has 5 heteroatoms. The van der Waals surface area contributed by atoms with E-state index in [-0.39, 0.29) is 6.10 Å². The van der Waals surface area contributed by atoms with Crippen LogP contribution in [0.5, 0.6) is 0 Å². The average Bonchev–Trinajstić information content (AvgIpc) is 3.11. The van der Waals surface area contributed by atoms with Gasteiger partial charge in [-0.3, -0.25) is 0 Å². The van der Waals surface area contributed by atoms with Crippen molar-refractivity contribution >= 4 is 26.5 Å². The maximum atomic E-state index is 11.3. The van der Waals surface area contributed by atoms with E-state index >= 15 is 0 Å². The third kappa shape index (κ3) is 7.84. The van der Waals surface area contributed by atoms with Gasteiger partial charge >= 0.3 is 198 Å². The molecule has 2 aliphatic heterocycles. The molecular formula is C26H48O3SiSn. The Labute approximate surface area is 197 Å². The van der Waals surface area contributed by atoms with E-state index in [2.05, 4.69) is 59.1 Å². The Balaban J connectivity index is 2.57. The number of fused-ring (bicyclic) bond motifs is 2. The molecule has 3 atom stereocenters. The second-order valence-electron chi connectivity index (χ2n) is 11.0. The molecule has 1 fully saturated rings. The fraction of sp³-hybridized carbons (Fsp3) is 0.769. The van der Waals surface area contributed by atoms with Crippen LogP contribution >= 0.6 is 0 Å². The molecule has 2 rings (SSSR count). The minimum absolute atomic E-state index is 0.00966. The molecule has 3 nitrogen and oxygen atoms in total. The molecule has 0 amide bonds. The van der Waals surface area contributed by atoms with E-state index in [9.17, 15) is 5.11 Å². The van der Waals surface area contributed by atoms with E-state index in [1.54, 1.807) is 3.59 Å². The van der Waals surface area contributed by atoms with Crippen molar-refractivity contribution in [2.24, 2.45) is 0 Å². The van der Waals surface area contributed by atoms with Crippen LogP contribution in [0.25, 0.3) is 0 Å². The van der Waals surface area contributed by atoms with Crippen molar-refractivity contribution in [3.8, 4) is 0 Å². The zero-order chi connectivity index (χ0) is 23.1. The molecule has 2 heterocycles. The van der Waals surface area contributed by atoms with Gasteiger partial charge in [0.2, 0.25) is 0 Å². The van der Waals surface area contributed by atoms with Crippen LogP contribution in [0.3, 0.4) is 0 Å². The van der Waals surface area contributed by atoms with Crippen molar-refractivity contribution in [2.75, 3.05) is 6.61 Å². The van der Waals surface area contributed by atoms with E-state index in [0.29, 0.717) is 6.61 Å². The standard InChI is InChI=1S/C14H21O3Si.3C4H9.Sn/c1-10(9-18(2,3)4)5-6-11-7-12-8-16-14(17-12)13(11)15;3*1-3-4-2;/h5,7,12-15H,1,8-9H2,2-4H3;3*1,3-4H2,2H3;/t12-,13-,14+;;;;/m0..../s1. The summed E-state index contributed by atoms with van der Waals surface area (Å²) < 4.78 is 17.3. The first-order valence-electron chi connectivity index (χ1n) is 12.7. The summed E-state index contributed by atoms with van der Waals surface area (Å²) >= 11 is -2.78. The monoisotopic (exact) mass is 556 g/mol.